The van der Waals surface area contributed by atoms with Gasteiger partial charge in [0, 0.05) is 19.6 Å². The number of benzene rings is 1. The van der Waals surface area contributed by atoms with Crippen LogP contribution >= 0.6 is 0 Å². The van der Waals surface area contributed by atoms with E-state index in [9.17, 15) is 4.79 Å². The van der Waals surface area contributed by atoms with Crippen molar-refractivity contribution >= 4 is 5.91 Å². The minimum Gasteiger partial charge on any atom is -0.493 e. The molecule has 27 heavy (non-hydrogen) atoms. The fraction of sp³-hybridized carbons (Fsp3) is 0.667. The van der Waals surface area contributed by atoms with E-state index in [1.165, 1.54) is 19.5 Å². The minimum atomic E-state index is 0.00431. The predicted molar refractivity (Wildman–Crippen MR) is 107 cm³/mol. The maximum absolute atomic E-state index is 12.3. The lowest BCUT2D eigenvalue weighted by molar-refractivity contribution is -0.120. The summed E-state index contributed by atoms with van der Waals surface area (Å²) in [6.45, 7) is 8.72. The first kappa shape index (κ1) is 21.4. The Kier molecular flexibility index (Phi) is 8.23. The summed E-state index contributed by atoms with van der Waals surface area (Å²) < 4.78 is 16.0. The van der Waals surface area contributed by atoms with Gasteiger partial charge in [0.2, 0.25) is 11.7 Å². The highest BCUT2D eigenvalue weighted by Crippen LogP contribution is 2.38. The summed E-state index contributed by atoms with van der Waals surface area (Å²) in [7, 11) is 4.71. The van der Waals surface area contributed by atoms with Crippen molar-refractivity contribution in [2.75, 3.05) is 47.5 Å². The van der Waals surface area contributed by atoms with Crippen molar-refractivity contribution in [2.45, 2.75) is 33.1 Å². The van der Waals surface area contributed by atoms with Gasteiger partial charge in [-0.2, -0.15) is 0 Å². The van der Waals surface area contributed by atoms with Crippen LogP contribution in [0.2, 0.25) is 0 Å². The number of ether oxygens (including phenoxy) is 3. The van der Waals surface area contributed by atoms with E-state index in [0.29, 0.717) is 23.8 Å². The van der Waals surface area contributed by atoms with E-state index in [4.69, 9.17) is 14.2 Å². The van der Waals surface area contributed by atoms with Crippen LogP contribution < -0.4 is 19.5 Å². The molecule has 0 radical (unpaired) electrons. The third-order valence-corrected chi connectivity index (χ3v) is 5.01. The first-order chi connectivity index (χ1) is 13.0. The van der Waals surface area contributed by atoms with Gasteiger partial charge in [0.15, 0.2) is 11.5 Å². The highest BCUT2D eigenvalue weighted by atomic mass is 16.5. The fourth-order valence-electron chi connectivity index (χ4n) is 3.99. The van der Waals surface area contributed by atoms with E-state index >= 15 is 0 Å². The molecule has 0 aromatic heterocycles. The van der Waals surface area contributed by atoms with Gasteiger partial charge < -0.3 is 24.4 Å². The summed E-state index contributed by atoms with van der Waals surface area (Å²) in [5, 5.41) is 3.02. The normalized spacial score (nSPS) is 20.2. The second-order valence-electron chi connectivity index (χ2n) is 7.62. The third kappa shape index (κ3) is 6.31. The Morgan fingerprint density at radius 3 is 2.19 bits per heavy atom. The highest BCUT2D eigenvalue weighted by Gasteiger charge is 2.21. The van der Waals surface area contributed by atoms with Crippen molar-refractivity contribution in [3.05, 3.63) is 17.7 Å². The van der Waals surface area contributed by atoms with Gasteiger partial charge in [-0.05, 0) is 48.9 Å². The molecule has 1 saturated heterocycles. The standard InChI is InChI=1S/C21H34N2O4/c1-15-9-16(2)14-23(13-15)8-6-7-22-20(24)12-17-10-18(25-3)21(27-5)19(11-17)26-4/h10-11,15-16H,6-9,12-14H2,1-5H3,(H,22,24). The average Bonchev–Trinajstić information content (AvgIpc) is 2.63. The number of nitrogens with one attached hydrogen (secondary N) is 1. The number of piperidine rings is 1. The van der Waals surface area contributed by atoms with Gasteiger partial charge in [-0.25, -0.2) is 0 Å². The lowest BCUT2D eigenvalue weighted by Gasteiger charge is -2.34. The lowest BCUT2D eigenvalue weighted by Crippen LogP contribution is -2.40. The number of likely N-dealkylation sites (tertiary alicyclic amines) is 1. The number of amides is 1. The summed E-state index contributed by atoms with van der Waals surface area (Å²) in [4.78, 5) is 14.8. The third-order valence-electron chi connectivity index (χ3n) is 5.01. The van der Waals surface area contributed by atoms with Gasteiger partial charge in [0.25, 0.3) is 0 Å². The Morgan fingerprint density at radius 2 is 1.67 bits per heavy atom. The molecular formula is C21H34N2O4. The number of nitrogens with zero attached hydrogens (tertiary/aromatic N) is 1. The first-order valence-electron chi connectivity index (χ1n) is 9.74. The minimum absolute atomic E-state index is 0.00431. The summed E-state index contributed by atoms with van der Waals surface area (Å²) in [6.07, 6.45) is 2.58. The quantitative estimate of drug-likeness (QED) is 0.670. The monoisotopic (exact) mass is 378 g/mol. The SMILES string of the molecule is COc1cc(CC(=O)NCCCN2CC(C)CC(C)C2)cc(OC)c1OC. The highest BCUT2D eigenvalue weighted by molar-refractivity contribution is 5.79. The maximum atomic E-state index is 12.3. The number of carbonyl (C=O) groups is 1. The van der Waals surface area contributed by atoms with Gasteiger partial charge in [-0.15, -0.1) is 0 Å². The molecule has 6 heteroatoms. The van der Waals surface area contributed by atoms with Crippen molar-refractivity contribution in [1.82, 2.24) is 10.2 Å². The maximum Gasteiger partial charge on any atom is 0.224 e. The van der Waals surface area contributed by atoms with Crippen LogP contribution in [0.1, 0.15) is 32.3 Å². The van der Waals surface area contributed by atoms with Crippen LogP contribution in [-0.4, -0.2) is 58.3 Å². The Balaban J connectivity index is 1.80. The molecule has 1 amide bonds. The summed E-state index contributed by atoms with van der Waals surface area (Å²) >= 11 is 0. The smallest absolute Gasteiger partial charge is 0.224 e. The number of hydrogen-bond acceptors (Lipinski definition) is 5. The van der Waals surface area contributed by atoms with E-state index in [2.05, 4.69) is 24.1 Å². The molecule has 1 aromatic rings. The van der Waals surface area contributed by atoms with E-state index in [0.717, 1.165) is 30.4 Å². The molecule has 0 spiro atoms. The van der Waals surface area contributed by atoms with Gasteiger partial charge in [0.05, 0.1) is 27.8 Å². The number of methoxy groups -OCH3 is 3. The van der Waals surface area contributed by atoms with Gasteiger partial charge >= 0.3 is 0 Å². The van der Waals surface area contributed by atoms with Crippen LogP contribution in [0, 0.1) is 11.8 Å². The summed E-state index contributed by atoms with van der Waals surface area (Å²) in [5.74, 6) is 3.20. The number of rotatable bonds is 9. The Bertz CT molecular complexity index is 585. The van der Waals surface area contributed by atoms with Crippen molar-refractivity contribution in [1.29, 1.82) is 0 Å². The Hall–Kier alpha value is -1.95. The van der Waals surface area contributed by atoms with E-state index in [1.807, 2.05) is 12.1 Å². The van der Waals surface area contributed by atoms with Crippen LogP contribution in [-0.2, 0) is 11.2 Å². The molecule has 0 aliphatic carbocycles. The number of carbonyl (C=O) groups excluding carboxylic acids is 1. The zero-order chi connectivity index (χ0) is 19.8. The first-order valence-corrected chi connectivity index (χ1v) is 9.74. The van der Waals surface area contributed by atoms with Crippen molar-refractivity contribution in [2.24, 2.45) is 11.8 Å². The molecule has 152 valence electrons. The largest absolute Gasteiger partial charge is 0.493 e. The molecule has 2 atom stereocenters. The average molecular weight is 379 g/mol. The predicted octanol–water partition coefficient (Wildman–Crippen LogP) is 2.74. The van der Waals surface area contributed by atoms with Crippen LogP contribution in [0.25, 0.3) is 0 Å². The summed E-state index contributed by atoms with van der Waals surface area (Å²) in [6, 6.07) is 3.63. The lowest BCUT2D eigenvalue weighted by atomic mass is 9.92. The Morgan fingerprint density at radius 1 is 1.07 bits per heavy atom. The molecule has 2 unspecified atom stereocenters. The van der Waals surface area contributed by atoms with Crippen LogP contribution in [0.3, 0.4) is 0 Å². The topological polar surface area (TPSA) is 60.0 Å². The molecule has 1 aliphatic heterocycles. The Labute approximate surface area is 163 Å². The number of hydrogen-bond donors (Lipinski definition) is 1. The van der Waals surface area contributed by atoms with E-state index in [1.54, 1.807) is 21.3 Å². The van der Waals surface area contributed by atoms with Gasteiger partial charge in [0.1, 0.15) is 0 Å². The summed E-state index contributed by atoms with van der Waals surface area (Å²) in [5.41, 5.74) is 0.834. The zero-order valence-corrected chi connectivity index (χ0v) is 17.3. The second kappa shape index (κ2) is 10.4. The van der Waals surface area contributed by atoms with Crippen LogP contribution in [0.15, 0.2) is 12.1 Å². The molecule has 1 aliphatic rings. The van der Waals surface area contributed by atoms with Crippen molar-refractivity contribution in [3.63, 3.8) is 0 Å². The molecule has 1 N–H and O–H groups in total. The molecule has 2 rings (SSSR count). The van der Waals surface area contributed by atoms with Gasteiger partial charge in [-0.1, -0.05) is 13.8 Å². The molecule has 1 fully saturated rings. The second-order valence-corrected chi connectivity index (χ2v) is 7.62. The van der Waals surface area contributed by atoms with Crippen molar-refractivity contribution in [3.8, 4) is 17.2 Å². The zero-order valence-electron chi connectivity index (χ0n) is 17.3. The molecule has 1 heterocycles. The molecule has 0 saturated carbocycles. The molecular weight excluding hydrogens is 344 g/mol. The van der Waals surface area contributed by atoms with Crippen LogP contribution in [0.5, 0.6) is 17.2 Å². The van der Waals surface area contributed by atoms with Gasteiger partial charge in [-0.3, -0.25) is 4.79 Å². The van der Waals surface area contributed by atoms with E-state index in [-0.39, 0.29) is 12.3 Å². The molecule has 1 aromatic carbocycles. The fourth-order valence-corrected chi connectivity index (χ4v) is 3.99. The van der Waals surface area contributed by atoms with E-state index < -0.39 is 0 Å². The van der Waals surface area contributed by atoms with Crippen LogP contribution in [0.4, 0.5) is 0 Å². The molecule has 6 nitrogen and oxygen atoms in total. The molecule has 0 bridgehead atoms. The van der Waals surface area contributed by atoms with Crippen molar-refractivity contribution < 1.29 is 19.0 Å².